The summed E-state index contributed by atoms with van der Waals surface area (Å²) in [5.74, 6) is 0.326. The van der Waals surface area contributed by atoms with Crippen molar-refractivity contribution < 1.29 is 19.0 Å². The molecule has 0 saturated heterocycles. The number of pyridine rings is 1. The molecule has 6 heteroatoms. The van der Waals surface area contributed by atoms with Crippen molar-refractivity contribution in [2.45, 2.75) is 6.92 Å². The lowest BCUT2D eigenvalue weighted by molar-refractivity contribution is 0.0522. The number of rotatable bonds is 5. The number of hydrogen-bond donors (Lipinski definition) is 0. The Bertz CT molecular complexity index is 722. The van der Waals surface area contributed by atoms with E-state index in [0.29, 0.717) is 17.1 Å². The Kier molecular flexibility index (Phi) is 4.94. The summed E-state index contributed by atoms with van der Waals surface area (Å²) in [4.78, 5) is 15.9. The predicted molar refractivity (Wildman–Crippen MR) is 78.0 cm³/mol. The molecule has 1 heterocycles. The van der Waals surface area contributed by atoms with E-state index in [1.165, 1.54) is 13.3 Å². The Labute approximate surface area is 127 Å². The number of nitriles is 1. The fraction of sp³-hybridized carbons (Fsp3) is 0.188. The van der Waals surface area contributed by atoms with Gasteiger partial charge >= 0.3 is 5.97 Å². The molecule has 0 unspecified atom stereocenters. The van der Waals surface area contributed by atoms with Crippen LogP contribution in [0.4, 0.5) is 0 Å². The molecule has 0 aliphatic heterocycles. The summed E-state index contributed by atoms with van der Waals surface area (Å²) in [6, 6.07) is 9.92. The first kappa shape index (κ1) is 15.3. The maximum Gasteiger partial charge on any atom is 0.343 e. The normalized spacial score (nSPS) is 9.68. The zero-order chi connectivity index (χ0) is 15.9. The summed E-state index contributed by atoms with van der Waals surface area (Å²) in [6.45, 7) is 1.98. The third-order valence-corrected chi connectivity index (χ3v) is 2.77. The first-order valence-corrected chi connectivity index (χ1v) is 6.57. The van der Waals surface area contributed by atoms with Gasteiger partial charge in [-0.25, -0.2) is 9.78 Å². The van der Waals surface area contributed by atoms with Crippen LogP contribution in [0.1, 0.15) is 22.8 Å². The van der Waals surface area contributed by atoms with Gasteiger partial charge in [0.25, 0.3) is 0 Å². The lowest BCUT2D eigenvalue weighted by Gasteiger charge is -2.12. The number of carbonyl (C=O) groups is 1. The first-order chi connectivity index (χ1) is 10.7. The van der Waals surface area contributed by atoms with Gasteiger partial charge in [-0.15, -0.1) is 0 Å². The van der Waals surface area contributed by atoms with Crippen molar-refractivity contribution in [1.29, 1.82) is 5.26 Å². The van der Waals surface area contributed by atoms with Crippen LogP contribution >= 0.6 is 0 Å². The maximum atomic E-state index is 11.9. The second kappa shape index (κ2) is 7.09. The molecular weight excluding hydrogens is 284 g/mol. The molecule has 0 N–H and O–H groups in total. The minimum atomic E-state index is -0.516. The molecule has 0 amide bonds. The average molecular weight is 298 g/mol. The van der Waals surface area contributed by atoms with Gasteiger partial charge in [0.1, 0.15) is 5.56 Å². The maximum absolute atomic E-state index is 11.9. The van der Waals surface area contributed by atoms with Gasteiger partial charge in [0.05, 0.1) is 25.3 Å². The fourth-order valence-electron chi connectivity index (χ4n) is 1.76. The highest BCUT2D eigenvalue weighted by Gasteiger charge is 2.17. The van der Waals surface area contributed by atoms with Crippen LogP contribution in [-0.2, 0) is 4.74 Å². The lowest BCUT2D eigenvalue weighted by Crippen LogP contribution is -2.07. The Hall–Kier alpha value is -3.07. The number of carbonyl (C=O) groups excluding carboxylic acids is 1. The molecule has 0 fully saturated rings. The standard InChI is InChI=1S/C16H14N2O4/c1-3-21-16(19)12-5-4-8-18-15(12)22-13-7-6-11(10-17)9-14(13)20-2/h4-9H,3H2,1-2H3. The molecule has 0 bridgehead atoms. The topological polar surface area (TPSA) is 81.4 Å². The van der Waals surface area contributed by atoms with Crippen molar-refractivity contribution in [3.63, 3.8) is 0 Å². The van der Waals surface area contributed by atoms with Gasteiger partial charge < -0.3 is 14.2 Å². The van der Waals surface area contributed by atoms with E-state index in [1.807, 2.05) is 6.07 Å². The molecule has 1 aromatic heterocycles. The van der Waals surface area contributed by atoms with Crippen LogP contribution in [0.2, 0.25) is 0 Å². The van der Waals surface area contributed by atoms with Gasteiger partial charge in [0.2, 0.25) is 5.88 Å². The highest BCUT2D eigenvalue weighted by molar-refractivity contribution is 5.91. The van der Waals surface area contributed by atoms with Gasteiger partial charge in [-0.2, -0.15) is 5.26 Å². The third-order valence-electron chi connectivity index (χ3n) is 2.77. The highest BCUT2D eigenvalue weighted by Crippen LogP contribution is 2.32. The molecule has 1 aromatic carbocycles. The smallest absolute Gasteiger partial charge is 0.343 e. The molecule has 6 nitrogen and oxygen atoms in total. The summed E-state index contributed by atoms with van der Waals surface area (Å²) < 4.78 is 15.8. The Morgan fingerprint density at radius 3 is 2.82 bits per heavy atom. The molecule has 0 saturated carbocycles. The second-order valence-electron chi connectivity index (χ2n) is 4.16. The number of ether oxygens (including phenoxy) is 3. The molecule has 2 rings (SSSR count). The van der Waals surface area contributed by atoms with Crippen LogP contribution in [-0.4, -0.2) is 24.7 Å². The van der Waals surface area contributed by atoms with E-state index < -0.39 is 5.97 Å². The Morgan fingerprint density at radius 2 is 2.14 bits per heavy atom. The molecule has 0 aliphatic carbocycles. The summed E-state index contributed by atoms with van der Waals surface area (Å²) in [5, 5.41) is 8.89. The summed E-state index contributed by atoms with van der Waals surface area (Å²) >= 11 is 0. The van der Waals surface area contributed by atoms with E-state index in [2.05, 4.69) is 4.98 Å². The van der Waals surface area contributed by atoms with E-state index in [9.17, 15) is 4.79 Å². The van der Waals surface area contributed by atoms with Crippen molar-refractivity contribution in [2.75, 3.05) is 13.7 Å². The zero-order valence-electron chi connectivity index (χ0n) is 12.2. The van der Waals surface area contributed by atoms with Crippen molar-refractivity contribution in [3.05, 3.63) is 47.7 Å². The quantitative estimate of drug-likeness (QED) is 0.789. The van der Waals surface area contributed by atoms with Crippen molar-refractivity contribution in [1.82, 2.24) is 4.98 Å². The molecule has 112 valence electrons. The third kappa shape index (κ3) is 3.33. The van der Waals surface area contributed by atoms with Crippen molar-refractivity contribution in [3.8, 4) is 23.4 Å². The molecule has 2 aromatic rings. The Balaban J connectivity index is 2.36. The second-order valence-corrected chi connectivity index (χ2v) is 4.16. The molecule has 22 heavy (non-hydrogen) atoms. The minimum Gasteiger partial charge on any atom is -0.493 e. The van der Waals surface area contributed by atoms with Crippen LogP contribution < -0.4 is 9.47 Å². The number of benzene rings is 1. The minimum absolute atomic E-state index is 0.115. The summed E-state index contributed by atoms with van der Waals surface area (Å²) in [5.41, 5.74) is 0.659. The first-order valence-electron chi connectivity index (χ1n) is 6.57. The van der Waals surface area contributed by atoms with Crippen LogP contribution in [0.3, 0.4) is 0 Å². The zero-order valence-corrected chi connectivity index (χ0v) is 12.2. The van der Waals surface area contributed by atoms with E-state index in [-0.39, 0.29) is 18.1 Å². The summed E-state index contributed by atoms with van der Waals surface area (Å²) in [7, 11) is 1.47. The van der Waals surface area contributed by atoms with Crippen molar-refractivity contribution >= 4 is 5.97 Å². The van der Waals surface area contributed by atoms with E-state index >= 15 is 0 Å². The van der Waals surface area contributed by atoms with Crippen LogP contribution in [0.5, 0.6) is 17.4 Å². The van der Waals surface area contributed by atoms with E-state index in [0.717, 1.165) is 0 Å². The SMILES string of the molecule is CCOC(=O)c1cccnc1Oc1ccc(C#N)cc1OC. The molecule has 0 spiro atoms. The van der Waals surface area contributed by atoms with Crippen LogP contribution in [0.15, 0.2) is 36.5 Å². The average Bonchev–Trinajstić information content (AvgIpc) is 2.56. The van der Waals surface area contributed by atoms with Crippen LogP contribution in [0, 0.1) is 11.3 Å². The predicted octanol–water partition coefficient (Wildman–Crippen LogP) is 2.93. The van der Waals surface area contributed by atoms with Gasteiger partial charge in [-0.3, -0.25) is 0 Å². The van der Waals surface area contributed by atoms with E-state index in [4.69, 9.17) is 19.5 Å². The van der Waals surface area contributed by atoms with E-state index in [1.54, 1.807) is 37.3 Å². The molecule has 0 atom stereocenters. The van der Waals surface area contributed by atoms with Gasteiger partial charge in [0, 0.05) is 12.3 Å². The highest BCUT2D eigenvalue weighted by atomic mass is 16.5. The van der Waals surface area contributed by atoms with Crippen molar-refractivity contribution in [2.24, 2.45) is 0 Å². The molecule has 0 aliphatic rings. The van der Waals surface area contributed by atoms with Gasteiger partial charge in [-0.1, -0.05) is 0 Å². The number of nitrogens with zero attached hydrogens (tertiary/aromatic N) is 2. The fourth-order valence-corrected chi connectivity index (χ4v) is 1.76. The number of esters is 1. The number of aromatic nitrogens is 1. The molecular formula is C16H14N2O4. The lowest BCUT2D eigenvalue weighted by atomic mass is 10.2. The monoisotopic (exact) mass is 298 g/mol. The largest absolute Gasteiger partial charge is 0.493 e. The van der Waals surface area contributed by atoms with Gasteiger partial charge in [0.15, 0.2) is 11.5 Å². The molecule has 0 radical (unpaired) electrons. The number of hydrogen-bond acceptors (Lipinski definition) is 6. The van der Waals surface area contributed by atoms with Gasteiger partial charge in [-0.05, 0) is 31.2 Å². The Morgan fingerprint density at radius 1 is 1.32 bits per heavy atom. The van der Waals surface area contributed by atoms with Crippen LogP contribution in [0.25, 0.3) is 0 Å². The number of methoxy groups -OCH3 is 1. The summed E-state index contributed by atoms with van der Waals surface area (Å²) in [6.07, 6.45) is 1.51.